The molecule has 2 rings (SSSR count). The molecule has 1 saturated carbocycles. The summed E-state index contributed by atoms with van der Waals surface area (Å²) in [6.07, 6.45) is 7.76. The molecule has 130 valence electrons. The average Bonchev–Trinajstić information content (AvgIpc) is 2.52. The van der Waals surface area contributed by atoms with Crippen molar-refractivity contribution in [3.05, 3.63) is 30.1 Å². The normalized spacial score (nSPS) is 16.2. The SMILES string of the molecule is CN=C(NCCc1ccccn1)NCC1(CCOC)CCC1.I. The highest BCUT2D eigenvalue weighted by atomic mass is 127. The first-order valence-corrected chi connectivity index (χ1v) is 8.11. The van der Waals surface area contributed by atoms with E-state index in [2.05, 4.69) is 20.6 Å². The highest BCUT2D eigenvalue weighted by Gasteiger charge is 2.36. The standard InChI is InChI=1S/C17H28N4O.HI/c1-18-16(20-12-7-15-6-3-4-11-19-15)21-14-17(8-5-9-17)10-13-22-2;/h3-4,6,11H,5,7-10,12-14H2,1-2H3,(H2,18,20,21);1H. The van der Waals surface area contributed by atoms with Gasteiger partial charge in [-0.15, -0.1) is 24.0 Å². The molecular formula is C17H29IN4O. The number of nitrogens with zero attached hydrogens (tertiary/aromatic N) is 2. The fourth-order valence-corrected chi connectivity index (χ4v) is 2.86. The molecule has 6 heteroatoms. The van der Waals surface area contributed by atoms with Crippen LogP contribution in [0, 0.1) is 5.41 Å². The van der Waals surface area contributed by atoms with Crippen LogP contribution in [-0.4, -0.2) is 44.8 Å². The molecule has 0 aliphatic heterocycles. The number of rotatable bonds is 8. The number of aliphatic imine (C=N–C) groups is 1. The first kappa shape index (κ1) is 20.2. The second kappa shape index (κ2) is 10.8. The molecule has 1 fully saturated rings. The minimum atomic E-state index is 0. The van der Waals surface area contributed by atoms with Crippen LogP contribution in [0.5, 0.6) is 0 Å². The van der Waals surface area contributed by atoms with E-state index in [1.165, 1.54) is 19.3 Å². The molecule has 5 nitrogen and oxygen atoms in total. The molecule has 0 aromatic carbocycles. The van der Waals surface area contributed by atoms with Crippen molar-refractivity contribution in [3.63, 3.8) is 0 Å². The van der Waals surface area contributed by atoms with Crippen molar-refractivity contribution in [2.45, 2.75) is 32.1 Å². The Morgan fingerprint density at radius 1 is 1.35 bits per heavy atom. The summed E-state index contributed by atoms with van der Waals surface area (Å²) in [6, 6.07) is 6.01. The van der Waals surface area contributed by atoms with E-state index in [-0.39, 0.29) is 24.0 Å². The van der Waals surface area contributed by atoms with E-state index in [1.807, 2.05) is 31.4 Å². The fraction of sp³-hybridized carbons (Fsp3) is 0.647. The average molecular weight is 432 g/mol. The highest BCUT2D eigenvalue weighted by molar-refractivity contribution is 14.0. The lowest BCUT2D eigenvalue weighted by Gasteiger charge is -2.42. The predicted molar refractivity (Wildman–Crippen MR) is 105 cm³/mol. The van der Waals surface area contributed by atoms with Crippen LogP contribution >= 0.6 is 24.0 Å². The van der Waals surface area contributed by atoms with Gasteiger partial charge in [-0.2, -0.15) is 0 Å². The van der Waals surface area contributed by atoms with E-state index in [4.69, 9.17) is 4.74 Å². The Morgan fingerprint density at radius 2 is 2.17 bits per heavy atom. The van der Waals surface area contributed by atoms with Gasteiger partial charge in [0, 0.05) is 52.2 Å². The van der Waals surface area contributed by atoms with Gasteiger partial charge in [0.25, 0.3) is 0 Å². The number of ether oxygens (including phenoxy) is 1. The number of hydrogen-bond donors (Lipinski definition) is 2. The zero-order valence-electron chi connectivity index (χ0n) is 14.2. The summed E-state index contributed by atoms with van der Waals surface area (Å²) in [5, 5.41) is 6.83. The lowest BCUT2D eigenvalue weighted by molar-refractivity contribution is 0.0732. The number of nitrogens with one attached hydrogen (secondary N) is 2. The van der Waals surface area contributed by atoms with Gasteiger partial charge in [0.05, 0.1) is 0 Å². The van der Waals surface area contributed by atoms with Gasteiger partial charge >= 0.3 is 0 Å². The van der Waals surface area contributed by atoms with Crippen LogP contribution in [0.4, 0.5) is 0 Å². The molecule has 0 radical (unpaired) electrons. The van der Waals surface area contributed by atoms with Gasteiger partial charge in [0.1, 0.15) is 0 Å². The smallest absolute Gasteiger partial charge is 0.191 e. The van der Waals surface area contributed by atoms with Gasteiger partial charge in [0.2, 0.25) is 0 Å². The largest absolute Gasteiger partial charge is 0.385 e. The molecule has 2 N–H and O–H groups in total. The zero-order valence-corrected chi connectivity index (χ0v) is 16.5. The van der Waals surface area contributed by atoms with E-state index in [0.717, 1.165) is 44.2 Å². The van der Waals surface area contributed by atoms with Crippen LogP contribution in [-0.2, 0) is 11.2 Å². The highest BCUT2D eigenvalue weighted by Crippen LogP contribution is 2.43. The molecule has 1 heterocycles. The Labute approximate surface area is 156 Å². The van der Waals surface area contributed by atoms with Gasteiger partial charge in [-0.05, 0) is 36.8 Å². The van der Waals surface area contributed by atoms with Gasteiger partial charge < -0.3 is 15.4 Å². The molecule has 1 aliphatic rings. The monoisotopic (exact) mass is 432 g/mol. The van der Waals surface area contributed by atoms with Crippen LogP contribution in [0.2, 0.25) is 0 Å². The van der Waals surface area contributed by atoms with Gasteiger partial charge in [-0.25, -0.2) is 0 Å². The third-order valence-corrected chi connectivity index (χ3v) is 4.50. The summed E-state index contributed by atoms with van der Waals surface area (Å²) < 4.78 is 5.24. The van der Waals surface area contributed by atoms with E-state index < -0.39 is 0 Å². The van der Waals surface area contributed by atoms with Gasteiger partial charge in [-0.1, -0.05) is 12.5 Å². The van der Waals surface area contributed by atoms with Crippen molar-refractivity contribution < 1.29 is 4.74 Å². The Hall–Kier alpha value is -0.890. The summed E-state index contributed by atoms with van der Waals surface area (Å²) in [4.78, 5) is 8.63. The van der Waals surface area contributed by atoms with Crippen LogP contribution in [0.25, 0.3) is 0 Å². The molecule has 0 atom stereocenters. The van der Waals surface area contributed by atoms with Crippen LogP contribution < -0.4 is 10.6 Å². The van der Waals surface area contributed by atoms with Crippen molar-refractivity contribution in [3.8, 4) is 0 Å². The second-order valence-corrected chi connectivity index (χ2v) is 6.02. The second-order valence-electron chi connectivity index (χ2n) is 6.02. The Bertz CT molecular complexity index is 463. The molecule has 1 aromatic heterocycles. The zero-order chi connectivity index (χ0) is 15.7. The summed E-state index contributed by atoms with van der Waals surface area (Å²) in [5.74, 6) is 0.875. The van der Waals surface area contributed by atoms with E-state index >= 15 is 0 Å². The summed E-state index contributed by atoms with van der Waals surface area (Å²) >= 11 is 0. The Balaban J connectivity index is 0.00000264. The predicted octanol–water partition coefficient (Wildman–Crippen LogP) is 2.61. The summed E-state index contributed by atoms with van der Waals surface area (Å²) in [6.45, 7) is 2.65. The van der Waals surface area contributed by atoms with Crippen molar-refractivity contribution in [2.75, 3.05) is 33.9 Å². The number of aromatic nitrogens is 1. The number of hydrogen-bond acceptors (Lipinski definition) is 3. The maximum atomic E-state index is 5.24. The van der Waals surface area contributed by atoms with Crippen LogP contribution in [0.3, 0.4) is 0 Å². The third kappa shape index (κ3) is 6.63. The molecule has 0 spiro atoms. The van der Waals surface area contributed by atoms with Crippen molar-refractivity contribution in [2.24, 2.45) is 10.4 Å². The van der Waals surface area contributed by atoms with Crippen LogP contribution in [0.1, 0.15) is 31.4 Å². The van der Waals surface area contributed by atoms with Crippen molar-refractivity contribution >= 4 is 29.9 Å². The van der Waals surface area contributed by atoms with E-state index in [0.29, 0.717) is 5.41 Å². The number of halogens is 1. The fourth-order valence-electron chi connectivity index (χ4n) is 2.86. The number of guanidine groups is 1. The van der Waals surface area contributed by atoms with Crippen molar-refractivity contribution in [1.82, 2.24) is 15.6 Å². The maximum Gasteiger partial charge on any atom is 0.191 e. The first-order chi connectivity index (χ1) is 10.8. The van der Waals surface area contributed by atoms with Crippen LogP contribution in [0.15, 0.2) is 29.4 Å². The van der Waals surface area contributed by atoms with Gasteiger partial charge in [-0.3, -0.25) is 9.98 Å². The topological polar surface area (TPSA) is 58.5 Å². The molecule has 0 unspecified atom stereocenters. The molecule has 1 aromatic rings. The lowest BCUT2D eigenvalue weighted by atomic mass is 9.67. The van der Waals surface area contributed by atoms with E-state index in [9.17, 15) is 0 Å². The molecule has 1 aliphatic carbocycles. The Kier molecular flexibility index (Phi) is 9.47. The minimum absolute atomic E-state index is 0. The molecule has 0 saturated heterocycles. The molecule has 0 amide bonds. The lowest BCUT2D eigenvalue weighted by Crippen LogP contribution is -2.47. The molecular weight excluding hydrogens is 403 g/mol. The third-order valence-electron chi connectivity index (χ3n) is 4.50. The number of pyridine rings is 1. The van der Waals surface area contributed by atoms with Crippen molar-refractivity contribution in [1.29, 1.82) is 0 Å². The first-order valence-electron chi connectivity index (χ1n) is 8.11. The maximum absolute atomic E-state index is 5.24. The summed E-state index contributed by atoms with van der Waals surface area (Å²) in [5.41, 5.74) is 1.50. The number of methoxy groups -OCH3 is 1. The van der Waals surface area contributed by atoms with E-state index in [1.54, 1.807) is 7.11 Å². The minimum Gasteiger partial charge on any atom is -0.385 e. The molecule has 0 bridgehead atoms. The van der Waals surface area contributed by atoms with Gasteiger partial charge in [0.15, 0.2) is 5.96 Å². The molecule has 23 heavy (non-hydrogen) atoms. The quantitative estimate of drug-likeness (QED) is 0.377. The Morgan fingerprint density at radius 3 is 2.74 bits per heavy atom. The summed E-state index contributed by atoms with van der Waals surface area (Å²) in [7, 11) is 3.59.